The number of para-hydroxylation sites is 1. The Kier molecular flexibility index (Phi) is 5.52. The van der Waals surface area contributed by atoms with Crippen molar-refractivity contribution in [2.75, 3.05) is 24.4 Å². The summed E-state index contributed by atoms with van der Waals surface area (Å²) in [6, 6.07) is 23.1. The highest BCUT2D eigenvalue weighted by Crippen LogP contribution is 2.18. The Hall–Kier alpha value is -3.60. The number of ether oxygens (including phenoxy) is 1. The van der Waals surface area contributed by atoms with Crippen molar-refractivity contribution >= 4 is 23.2 Å². The van der Waals surface area contributed by atoms with Crippen molar-refractivity contribution in [3.63, 3.8) is 0 Å². The molecule has 1 N–H and O–H groups in total. The molecule has 136 valence electrons. The molecule has 3 aromatic carbocycles. The zero-order valence-electron chi connectivity index (χ0n) is 15.2. The maximum atomic E-state index is 12.6. The van der Waals surface area contributed by atoms with Crippen LogP contribution in [0.1, 0.15) is 20.7 Å². The fraction of sp³-hybridized carbons (Fsp3) is 0.0909. The van der Waals surface area contributed by atoms with Gasteiger partial charge in [-0.25, -0.2) is 0 Å². The number of carbonyl (C=O) groups is 2. The summed E-state index contributed by atoms with van der Waals surface area (Å²) in [6.45, 7) is 0. The number of hydrogen-bond acceptors (Lipinski definition) is 3. The van der Waals surface area contributed by atoms with Gasteiger partial charge in [0, 0.05) is 35.6 Å². The SMILES string of the molecule is COc1cccc(NC(=O)c2ccc(C(=O)N(C)c3ccccc3)cc2)c1. The minimum absolute atomic E-state index is 0.138. The number of methoxy groups -OCH3 is 1. The number of nitrogens with zero attached hydrogens (tertiary/aromatic N) is 1. The molecule has 5 heteroatoms. The van der Waals surface area contributed by atoms with E-state index < -0.39 is 0 Å². The monoisotopic (exact) mass is 360 g/mol. The number of amides is 2. The maximum Gasteiger partial charge on any atom is 0.258 e. The van der Waals surface area contributed by atoms with Crippen LogP contribution in [0.25, 0.3) is 0 Å². The average molecular weight is 360 g/mol. The summed E-state index contributed by atoms with van der Waals surface area (Å²) in [5.41, 5.74) is 2.43. The van der Waals surface area contributed by atoms with Gasteiger partial charge in [-0.1, -0.05) is 24.3 Å². The number of benzene rings is 3. The first-order valence-electron chi connectivity index (χ1n) is 8.47. The smallest absolute Gasteiger partial charge is 0.258 e. The van der Waals surface area contributed by atoms with Gasteiger partial charge in [0.1, 0.15) is 5.75 Å². The molecule has 0 unspecified atom stereocenters. The van der Waals surface area contributed by atoms with Gasteiger partial charge in [0.05, 0.1) is 7.11 Å². The summed E-state index contributed by atoms with van der Waals surface area (Å²) < 4.78 is 5.15. The minimum atomic E-state index is -0.251. The first-order chi connectivity index (χ1) is 13.1. The zero-order chi connectivity index (χ0) is 19.2. The number of nitrogens with one attached hydrogen (secondary N) is 1. The second-order valence-corrected chi connectivity index (χ2v) is 5.96. The fourth-order valence-corrected chi connectivity index (χ4v) is 2.63. The van der Waals surface area contributed by atoms with Crippen LogP contribution in [-0.2, 0) is 0 Å². The molecule has 0 aromatic heterocycles. The van der Waals surface area contributed by atoms with E-state index in [1.807, 2.05) is 30.3 Å². The summed E-state index contributed by atoms with van der Waals surface area (Å²) in [6.07, 6.45) is 0. The Morgan fingerprint density at radius 2 is 1.52 bits per heavy atom. The van der Waals surface area contributed by atoms with Crippen molar-refractivity contribution in [3.8, 4) is 5.75 Å². The third-order valence-corrected chi connectivity index (χ3v) is 4.17. The molecular formula is C22H20N2O3. The van der Waals surface area contributed by atoms with Crippen molar-refractivity contribution < 1.29 is 14.3 Å². The molecule has 5 nitrogen and oxygen atoms in total. The van der Waals surface area contributed by atoms with E-state index in [9.17, 15) is 9.59 Å². The average Bonchev–Trinajstić information content (AvgIpc) is 2.73. The van der Waals surface area contributed by atoms with Gasteiger partial charge < -0.3 is 15.0 Å². The lowest BCUT2D eigenvalue weighted by molar-refractivity contribution is 0.0989. The fourth-order valence-electron chi connectivity index (χ4n) is 2.63. The molecule has 0 atom stereocenters. The lowest BCUT2D eigenvalue weighted by atomic mass is 10.1. The minimum Gasteiger partial charge on any atom is -0.497 e. The van der Waals surface area contributed by atoms with Gasteiger partial charge in [0.2, 0.25) is 0 Å². The molecule has 0 fully saturated rings. The van der Waals surface area contributed by atoms with Crippen LogP contribution in [0.3, 0.4) is 0 Å². The van der Waals surface area contributed by atoms with Crippen molar-refractivity contribution in [2.45, 2.75) is 0 Å². The van der Waals surface area contributed by atoms with Gasteiger partial charge in [-0.3, -0.25) is 9.59 Å². The Labute approximate surface area is 158 Å². The van der Waals surface area contributed by atoms with E-state index in [4.69, 9.17) is 4.74 Å². The molecule has 0 radical (unpaired) electrons. The summed E-state index contributed by atoms with van der Waals surface area (Å²) in [4.78, 5) is 26.6. The molecular weight excluding hydrogens is 340 g/mol. The molecule has 0 aliphatic rings. The number of carbonyl (C=O) groups excluding carboxylic acids is 2. The molecule has 27 heavy (non-hydrogen) atoms. The van der Waals surface area contributed by atoms with E-state index in [-0.39, 0.29) is 11.8 Å². The third kappa shape index (κ3) is 4.33. The van der Waals surface area contributed by atoms with Crippen LogP contribution in [-0.4, -0.2) is 26.0 Å². The molecule has 0 saturated heterocycles. The molecule has 0 aliphatic carbocycles. The largest absolute Gasteiger partial charge is 0.497 e. The van der Waals surface area contributed by atoms with Crippen LogP contribution in [0.5, 0.6) is 5.75 Å². The lowest BCUT2D eigenvalue weighted by Gasteiger charge is -2.17. The summed E-state index contributed by atoms with van der Waals surface area (Å²) in [5, 5.41) is 2.82. The van der Waals surface area contributed by atoms with Crippen molar-refractivity contribution in [3.05, 3.63) is 90.0 Å². The second kappa shape index (κ2) is 8.19. The van der Waals surface area contributed by atoms with Gasteiger partial charge in [0.15, 0.2) is 0 Å². The first-order valence-corrected chi connectivity index (χ1v) is 8.47. The van der Waals surface area contributed by atoms with E-state index in [1.165, 1.54) is 0 Å². The Morgan fingerprint density at radius 3 is 2.19 bits per heavy atom. The van der Waals surface area contributed by atoms with Crippen LogP contribution in [0.2, 0.25) is 0 Å². The lowest BCUT2D eigenvalue weighted by Crippen LogP contribution is -2.26. The van der Waals surface area contributed by atoms with Crippen molar-refractivity contribution in [1.29, 1.82) is 0 Å². The Balaban J connectivity index is 1.70. The van der Waals surface area contributed by atoms with E-state index in [2.05, 4.69) is 5.32 Å². The predicted molar refractivity (Wildman–Crippen MR) is 107 cm³/mol. The quantitative estimate of drug-likeness (QED) is 0.741. The van der Waals surface area contributed by atoms with Crippen molar-refractivity contribution in [2.24, 2.45) is 0 Å². The van der Waals surface area contributed by atoms with E-state index in [1.54, 1.807) is 67.6 Å². The van der Waals surface area contributed by atoms with Gasteiger partial charge in [-0.15, -0.1) is 0 Å². The van der Waals surface area contributed by atoms with Gasteiger partial charge in [-0.05, 0) is 48.5 Å². The van der Waals surface area contributed by atoms with Crippen LogP contribution >= 0.6 is 0 Å². The van der Waals surface area contributed by atoms with Gasteiger partial charge in [0.25, 0.3) is 11.8 Å². The molecule has 0 spiro atoms. The Morgan fingerprint density at radius 1 is 0.852 bits per heavy atom. The van der Waals surface area contributed by atoms with E-state index in [0.29, 0.717) is 22.6 Å². The number of rotatable bonds is 5. The first kappa shape index (κ1) is 18.2. The molecule has 0 heterocycles. The van der Waals surface area contributed by atoms with Crippen LogP contribution in [0.4, 0.5) is 11.4 Å². The highest BCUT2D eigenvalue weighted by Gasteiger charge is 2.14. The number of hydrogen-bond donors (Lipinski definition) is 1. The van der Waals surface area contributed by atoms with Crippen LogP contribution in [0.15, 0.2) is 78.9 Å². The third-order valence-electron chi connectivity index (χ3n) is 4.17. The van der Waals surface area contributed by atoms with Crippen LogP contribution < -0.4 is 15.0 Å². The highest BCUT2D eigenvalue weighted by molar-refractivity contribution is 6.08. The van der Waals surface area contributed by atoms with Crippen molar-refractivity contribution in [1.82, 2.24) is 0 Å². The molecule has 3 aromatic rings. The number of anilines is 2. The maximum absolute atomic E-state index is 12.6. The zero-order valence-corrected chi connectivity index (χ0v) is 15.2. The topological polar surface area (TPSA) is 58.6 Å². The summed E-state index contributed by atoms with van der Waals surface area (Å²) in [5.74, 6) is 0.275. The normalized spacial score (nSPS) is 10.1. The summed E-state index contributed by atoms with van der Waals surface area (Å²) in [7, 11) is 3.30. The molecule has 0 bridgehead atoms. The molecule has 0 saturated carbocycles. The molecule has 3 rings (SSSR count). The van der Waals surface area contributed by atoms with E-state index in [0.717, 1.165) is 5.69 Å². The van der Waals surface area contributed by atoms with E-state index >= 15 is 0 Å². The standard InChI is InChI=1S/C22H20N2O3/c1-24(19-8-4-3-5-9-19)22(26)17-13-11-16(12-14-17)21(25)23-18-7-6-10-20(15-18)27-2/h3-15H,1-2H3,(H,23,25). The van der Waals surface area contributed by atoms with Crippen LogP contribution in [0, 0.1) is 0 Å². The second-order valence-electron chi connectivity index (χ2n) is 5.96. The van der Waals surface area contributed by atoms with Gasteiger partial charge in [-0.2, -0.15) is 0 Å². The predicted octanol–water partition coefficient (Wildman–Crippen LogP) is 4.22. The molecule has 2 amide bonds. The Bertz CT molecular complexity index is 937. The molecule has 0 aliphatic heterocycles. The van der Waals surface area contributed by atoms with Gasteiger partial charge >= 0.3 is 0 Å². The summed E-state index contributed by atoms with van der Waals surface area (Å²) >= 11 is 0. The highest BCUT2D eigenvalue weighted by atomic mass is 16.5.